The van der Waals surface area contributed by atoms with Gasteiger partial charge >= 0.3 is 0 Å². The monoisotopic (exact) mass is 440 g/mol. The summed E-state index contributed by atoms with van der Waals surface area (Å²) in [6.45, 7) is 2.30. The van der Waals surface area contributed by atoms with Crippen molar-refractivity contribution in [1.29, 1.82) is 0 Å². The van der Waals surface area contributed by atoms with Gasteiger partial charge in [-0.05, 0) is 48.9 Å². The van der Waals surface area contributed by atoms with Crippen molar-refractivity contribution >= 4 is 23.1 Å². The van der Waals surface area contributed by atoms with Crippen LogP contribution in [0.4, 0.5) is 0 Å². The van der Waals surface area contributed by atoms with Crippen LogP contribution in [0, 0.1) is 5.92 Å². The second-order valence-electron chi connectivity index (χ2n) is 7.31. The molecule has 0 bridgehead atoms. The second kappa shape index (κ2) is 8.23. The lowest BCUT2D eigenvalue weighted by Crippen LogP contribution is -2.07. The molecule has 0 saturated carbocycles. The number of thiophene rings is 1. The van der Waals surface area contributed by atoms with Crippen LogP contribution in [-0.2, 0) is 18.6 Å². The fourth-order valence-corrected chi connectivity index (χ4v) is 5.23. The van der Waals surface area contributed by atoms with Crippen LogP contribution in [0.5, 0.6) is 5.75 Å². The number of fused-ring (bicyclic) bond motifs is 1. The number of rotatable bonds is 6. The average molecular weight is 441 g/mol. The van der Waals surface area contributed by atoms with Crippen LogP contribution in [0.25, 0.3) is 22.2 Å². The normalized spacial score (nSPS) is 15.9. The third-order valence-corrected chi connectivity index (χ3v) is 7.09. The van der Waals surface area contributed by atoms with Crippen LogP contribution in [0.3, 0.4) is 0 Å². The molecule has 0 saturated heterocycles. The lowest BCUT2D eigenvalue weighted by atomic mass is 9.90. The highest BCUT2D eigenvalue weighted by Gasteiger charge is 2.21. The van der Waals surface area contributed by atoms with Gasteiger partial charge in [-0.15, -0.1) is 21.5 Å². The summed E-state index contributed by atoms with van der Waals surface area (Å²) < 4.78 is 16.5. The molecule has 1 atom stereocenters. The van der Waals surface area contributed by atoms with E-state index >= 15 is 0 Å². The summed E-state index contributed by atoms with van der Waals surface area (Å²) in [6.07, 6.45) is 3.53. The summed E-state index contributed by atoms with van der Waals surface area (Å²) in [5.41, 5.74) is 2.27. The molecular weight excluding hydrogens is 420 g/mol. The third-order valence-electron chi connectivity index (χ3n) is 5.06. The van der Waals surface area contributed by atoms with Gasteiger partial charge in [0.15, 0.2) is 0 Å². The summed E-state index contributed by atoms with van der Waals surface area (Å²) in [6, 6.07) is 9.75. The zero-order valence-electron chi connectivity index (χ0n) is 16.6. The smallest absolute Gasteiger partial charge is 0.277 e. The van der Waals surface area contributed by atoms with E-state index < -0.39 is 0 Å². The zero-order chi connectivity index (χ0) is 20.5. The summed E-state index contributed by atoms with van der Waals surface area (Å²) in [7, 11) is 1.63. The van der Waals surface area contributed by atoms with E-state index in [-0.39, 0.29) is 0 Å². The molecule has 1 aliphatic rings. The fourth-order valence-electron chi connectivity index (χ4n) is 3.50. The van der Waals surface area contributed by atoms with E-state index in [0.717, 1.165) is 34.9 Å². The van der Waals surface area contributed by atoms with E-state index in [2.05, 4.69) is 33.3 Å². The van der Waals surface area contributed by atoms with Gasteiger partial charge in [0.25, 0.3) is 11.1 Å². The topological polar surface area (TPSA) is 87.1 Å². The number of hydrogen-bond acceptors (Lipinski definition) is 9. The van der Waals surface area contributed by atoms with E-state index in [4.69, 9.17) is 13.7 Å². The average Bonchev–Trinajstić information content (AvgIpc) is 3.50. The number of aryl methyl sites for hydroxylation is 1. The Hall–Kier alpha value is -2.65. The molecular formula is C21H20N4O3S2. The predicted octanol–water partition coefficient (Wildman–Crippen LogP) is 5.27. The predicted molar refractivity (Wildman–Crippen MR) is 115 cm³/mol. The molecule has 154 valence electrons. The van der Waals surface area contributed by atoms with Crippen molar-refractivity contribution in [2.45, 2.75) is 37.2 Å². The van der Waals surface area contributed by atoms with Crippen molar-refractivity contribution in [3.63, 3.8) is 0 Å². The van der Waals surface area contributed by atoms with Crippen LogP contribution in [0.1, 0.15) is 29.7 Å². The Labute approximate surface area is 181 Å². The van der Waals surface area contributed by atoms with E-state index in [1.165, 1.54) is 28.6 Å². The van der Waals surface area contributed by atoms with Crippen molar-refractivity contribution in [1.82, 2.24) is 20.3 Å². The van der Waals surface area contributed by atoms with Gasteiger partial charge in [-0.1, -0.05) is 36.0 Å². The fraction of sp³-hybridized carbons (Fsp3) is 0.333. The maximum absolute atomic E-state index is 5.86. The Kier molecular flexibility index (Phi) is 5.30. The Morgan fingerprint density at radius 3 is 3.10 bits per heavy atom. The highest BCUT2D eigenvalue weighted by atomic mass is 32.2. The van der Waals surface area contributed by atoms with E-state index in [1.807, 2.05) is 24.3 Å². The van der Waals surface area contributed by atoms with Crippen LogP contribution >= 0.6 is 23.1 Å². The summed E-state index contributed by atoms with van der Waals surface area (Å²) in [4.78, 5) is 6.94. The Morgan fingerprint density at radius 2 is 2.20 bits per heavy atom. The van der Waals surface area contributed by atoms with Gasteiger partial charge in [0.05, 0.1) is 17.7 Å². The van der Waals surface area contributed by atoms with Crippen LogP contribution in [-0.4, -0.2) is 27.4 Å². The first kappa shape index (κ1) is 19.3. The second-order valence-corrected chi connectivity index (χ2v) is 9.38. The Morgan fingerprint density at radius 1 is 1.27 bits per heavy atom. The molecule has 0 N–H and O–H groups in total. The van der Waals surface area contributed by atoms with Crippen molar-refractivity contribution in [2.75, 3.05) is 7.11 Å². The van der Waals surface area contributed by atoms with Crippen molar-refractivity contribution < 1.29 is 13.7 Å². The number of benzene rings is 1. The molecule has 7 nitrogen and oxygen atoms in total. The van der Waals surface area contributed by atoms with Gasteiger partial charge in [-0.3, -0.25) is 0 Å². The number of ether oxygens (including phenoxy) is 1. The molecule has 1 aliphatic carbocycles. The third kappa shape index (κ3) is 3.99. The minimum Gasteiger partial charge on any atom is -0.497 e. The molecule has 4 aromatic rings. The first-order valence-corrected chi connectivity index (χ1v) is 11.5. The van der Waals surface area contributed by atoms with Crippen LogP contribution < -0.4 is 4.74 Å². The maximum Gasteiger partial charge on any atom is 0.277 e. The largest absolute Gasteiger partial charge is 0.497 e. The van der Waals surface area contributed by atoms with Gasteiger partial charge in [-0.2, -0.15) is 4.98 Å². The molecule has 0 unspecified atom stereocenters. The number of thioether (sulfide) groups is 1. The van der Waals surface area contributed by atoms with Crippen molar-refractivity contribution in [3.8, 4) is 27.9 Å². The summed E-state index contributed by atoms with van der Waals surface area (Å²) in [5, 5.41) is 12.9. The highest BCUT2D eigenvalue weighted by molar-refractivity contribution is 7.98. The van der Waals surface area contributed by atoms with Crippen molar-refractivity contribution in [3.05, 3.63) is 46.7 Å². The highest BCUT2D eigenvalue weighted by Crippen LogP contribution is 2.37. The van der Waals surface area contributed by atoms with Crippen LogP contribution in [0.15, 0.2) is 44.5 Å². The molecule has 9 heteroatoms. The Bertz CT molecular complexity index is 1170. The number of methoxy groups -OCH3 is 1. The number of hydrogen-bond donors (Lipinski definition) is 0. The van der Waals surface area contributed by atoms with E-state index in [9.17, 15) is 0 Å². The molecule has 0 amide bonds. The van der Waals surface area contributed by atoms with Gasteiger partial charge in [-0.25, -0.2) is 0 Å². The standard InChI is InChI=1S/C21H20N4O3S2/c1-12-6-7-16-14(8-12)10-17(30-16)20-23-24-21(27-20)29-11-18-22-19(25-28-18)13-4-3-5-15(9-13)26-2/h3-5,9-10,12H,6-8,11H2,1-2H3/t12-/m1/s1. The first-order chi connectivity index (χ1) is 14.7. The molecule has 0 radical (unpaired) electrons. The molecule has 0 fully saturated rings. The minimum atomic E-state index is 0.455. The summed E-state index contributed by atoms with van der Waals surface area (Å²) in [5.74, 6) is 3.54. The van der Waals surface area contributed by atoms with Crippen molar-refractivity contribution in [2.24, 2.45) is 5.92 Å². The lowest BCUT2D eigenvalue weighted by Gasteiger charge is -2.16. The molecule has 3 aromatic heterocycles. The minimum absolute atomic E-state index is 0.455. The molecule has 1 aromatic carbocycles. The molecule has 0 aliphatic heterocycles. The van der Waals surface area contributed by atoms with E-state index in [0.29, 0.717) is 28.6 Å². The molecule has 3 heterocycles. The maximum atomic E-state index is 5.86. The van der Waals surface area contributed by atoms with Gasteiger partial charge in [0.1, 0.15) is 5.75 Å². The van der Waals surface area contributed by atoms with Gasteiger partial charge in [0.2, 0.25) is 11.7 Å². The zero-order valence-corrected chi connectivity index (χ0v) is 18.3. The van der Waals surface area contributed by atoms with Gasteiger partial charge in [0, 0.05) is 10.4 Å². The molecule has 5 rings (SSSR count). The first-order valence-electron chi connectivity index (χ1n) is 9.73. The van der Waals surface area contributed by atoms with Gasteiger partial charge < -0.3 is 13.7 Å². The summed E-state index contributed by atoms with van der Waals surface area (Å²) >= 11 is 3.15. The van der Waals surface area contributed by atoms with E-state index in [1.54, 1.807) is 18.4 Å². The molecule has 30 heavy (non-hydrogen) atoms. The number of aromatic nitrogens is 4. The van der Waals surface area contributed by atoms with Crippen LogP contribution in [0.2, 0.25) is 0 Å². The SMILES string of the molecule is COc1cccc(-c2noc(CSc3nnc(-c4cc5c(s4)CC[C@@H](C)C5)o3)n2)c1. The number of nitrogens with zero attached hydrogens (tertiary/aromatic N) is 4. The Balaban J connectivity index is 1.25. The lowest BCUT2D eigenvalue weighted by molar-refractivity contribution is 0.390. The molecule has 0 spiro atoms. The quantitative estimate of drug-likeness (QED) is 0.375.